The molecule has 1 amide bonds. The highest BCUT2D eigenvalue weighted by molar-refractivity contribution is 7.91. The molecule has 2 heterocycles. The van der Waals surface area contributed by atoms with Crippen LogP contribution in [0.3, 0.4) is 0 Å². The molecule has 0 atom stereocenters. The minimum absolute atomic E-state index is 0.0256. The molecule has 0 aromatic carbocycles. The molecule has 2 rings (SSSR count). The van der Waals surface area contributed by atoms with Crippen molar-refractivity contribution in [3.63, 3.8) is 0 Å². The third-order valence-corrected chi connectivity index (χ3v) is 6.78. The Morgan fingerprint density at radius 2 is 1.96 bits per heavy atom. The highest BCUT2D eigenvalue weighted by Crippen LogP contribution is 2.34. The van der Waals surface area contributed by atoms with Crippen LogP contribution >= 0.6 is 22.9 Å². The van der Waals surface area contributed by atoms with E-state index < -0.39 is 26.9 Å². The fourth-order valence-electron chi connectivity index (χ4n) is 2.24. The number of hydrogen-bond acceptors (Lipinski definition) is 9. The topological polar surface area (TPSA) is 132 Å². The molecule has 0 aliphatic carbocycles. The molecular formula is C16H16ClN3O6S2. The zero-order chi connectivity index (χ0) is 21.2. The normalized spacial score (nSPS) is 11.2. The highest BCUT2D eigenvalue weighted by Gasteiger charge is 2.27. The third-order valence-electron chi connectivity index (χ3n) is 3.68. The van der Waals surface area contributed by atoms with Crippen LogP contribution < -0.4 is 5.32 Å². The quantitative estimate of drug-likeness (QED) is 0.407. The second-order valence-corrected chi connectivity index (χ2v) is 9.11. The lowest BCUT2D eigenvalue weighted by molar-refractivity contribution is 0.0601. The minimum atomic E-state index is -3.76. The number of carbonyl (C=O) groups is 3. The largest absolute Gasteiger partial charge is 0.465 e. The van der Waals surface area contributed by atoms with E-state index in [1.807, 2.05) is 0 Å². The maximum atomic E-state index is 12.6. The minimum Gasteiger partial charge on any atom is -0.465 e. The number of carbonyl (C=O) groups excluding carboxylic acids is 3. The van der Waals surface area contributed by atoms with Gasteiger partial charge in [-0.3, -0.25) is 9.59 Å². The maximum Gasteiger partial charge on any atom is 0.341 e. The molecule has 0 unspecified atom stereocenters. The third kappa shape index (κ3) is 4.21. The number of ether oxygens (including phenoxy) is 1. The predicted molar refractivity (Wildman–Crippen MR) is 103 cm³/mol. The van der Waals surface area contributed by atoms with Gasteiger partial charge in [0.25, 0.3) is 5.91 Å². The van der Waals surface area contributed by atoms with Gasteiger partial charge in [0.1, 0.15) is 5.00 Å². The first kappa shape index (κ1) is 21.9. The molecule has 150 valence electrons. The average molecular weight is 446 g/mol. The molecule has 1 N–H and O–H groups in total. The highest BCUT2D eigenvalue weighted by atomic mass is 35.5. The van der Waals surface area contributed by atoms with Gasteiger partial charge in [-0.2, -0.15) is 0 Å². The van der Waals surface area contributed by atoms with Gasteiger partial charge in [0.15, 0.2) is 11.5 Å². The van der Waals surface area contributed by atoms with Gasteiger partial charge in [-0.15, -0.1) is 11.3 Å². The van der Waals surface area contributed by atoms with Crippen LogP contribution in [-0.2, 0) is 14.6 Å². The van der Waals surface area contributed by atoms with E-state index in [-0.39, 0.29) is 37.7 Å². The van der Waals surface area contributed by atoms with Gasteiger partial charge in [-0.05, 0) is 19.4 Å². The van der Waals surface area contributed by atoms with Crippen molar-refractivity contribution in [1.82, 2.24) is 9.97 Å². The van der Waals surface area contributed by atoms with Crippen LogP contribution in [0.4, 0.5) is 5.00 Å². The molecule has 0 aliphatic rings. The van der Waals surface area contributed by atoms with Crippen molar-refractivity contribution in [1.29, 1.82) is 0 Å². The maximum absolute atomic E-state index is 12.6. The summed E-state index contributed by atoms with van der Waals surface area (Å²) in [6.07, 6.45) is 1.01. The van der Waals surface area contributed by atoms with Gasteiger partial charge in [0.2, 0.25) is 15.0 Å². The fraction of sp³-hybridized carbons (Fsp3) is 0.312. The van der Waals surface area contributed by atoms with Crippen LogP contribution in [-0.4, -0.2) is 48.9 Å². The first-order chi connectivity index (χ1) is 13.0. The number of hydrogen-bond donors (Lipinski definition) is 1. The smallest absolute Gasteiger partial charge is 0.341 e. The molecule has 9 nitrogen and oxygen atoms in total. The number of nitrogens with zero attached hydrogens (tertiary/aromatic N) is 2. The summed E-state index contributed by atoms with van der Waals surface area (Å²) in [4.78, 5) is 44.2. The Balaban J connectivity index is 2.51. The second kappa shape index (κ2) is 8.33. The summed E-state index contributed by atoms with van der Waals surface area (Å²) < 4.78 is 28.6. The van der Waals surface area contributed by atoms with E-state index in [4.69, 9.17) is 16.3 Å². The number of rotatable bonds is 6. The number of nitrogens with one attached hydrogen (secondary N) is 1. The molecule has 2 aromatic rings. The predicted octanol–water partition coefficient (Wildman–Crippen LogP) is 2.54. The average Bonchev–Trinajstić information content (AvgIpc) is 2.97. The second-order valence-electron chi connectivity index (χ2n) is 5.51. The Morgan fingerprint density at radius 1 is 1.32 bits per heavy atom. The number of ketones is 1. The van der Waals surface area contributed by atoms with Crippen molar-refractivity contribution in [2.75, 3.05) is 18.2 Å². The fourth-order valence-corrected chi connectivity index (χ4v) is 4.20. The number of thiophene rings is 1. The summed E-state index contributed by atoms with van der Waals surface area (Å²) in [7, 11) is -2.59. The van der Waals surface area contributed by atoms with Crippen LogP contribution in [0.1, 0.15) is 49.9 Å². The lowest BCUT2D eigenvalue weighted by atomic mass is 10.1. The summed E-state index contributed by atoms with van der Waals surface area (Å²) in [6.45, 7) is 4.29. The Hall–Kier alpha value is -2.37. The number of anilines is 1. The number of amides is 1. The van der Waals surface area contributed by atoms with Crippen molar-refractivity contribution >= 4 is 55.4 Å². The first-order valence-electron chi connectivity index (χ1n) is 7.82. The number of methoxy groups -OCH3 is 1. The van der Waals surface area contributed by atoms with Gasteiger partial charge < -0.3 is 10.1 Å². The van der Waals surface area contributed by atoms with Crippen molar-refractivity contribution in [3.8, 4) is 0 Å². The summed E-state index contributed by atoms with van der Waals surface area (Å²) >= 11 is 6.84. The van der Waals surface area contributed by atoms with E-state index in [1.54, 1.807) is 6.92 Å². The molecule has 12 heteroatoms. The number of halogens is 1. The van der Waals surface area contributed by atoms with Crippen molar-refractivity contribution < 1.29 is 27.5 Å². The van der Waals surface area contributed by atoms with Crippen LogP contribution in [0.2, 0.25) is 5.02 Å². The lowest BCUT2D eigenvalue weighted by Crippen LogP contribution is -2.19. The Bertz CT molecular complexity index is 1080. The van der Waals surface area contributed by atoms with E-state index in [0.717, 1.165) is 17.5 Å². The molecule has 0 aliphatic heterocycles. The number of Topliss-reactive ketones (excluding diaryl/α,β-unsaturated/α-hetero) is 1. The Morgan fingerprint density at radius 3 is 2.50 bits per heavy atom. The SMILES string of the molecule is CCS(=O)(=O)c1ncc(Cl)c(C(=O)Nc2sc(C(C)=O)c(C)c2C(=O)OC)n1. The van der Waals surface area contributed by atoms with E-state index in [0.29, 0.717) is 5.56 Å². The van der Waals surface area contributed by atoms with Gasteiger partial charge in [0.05, 0.1) is 34.5 Å². The first-order valence-corrected chi connectivity index (χ1v) is 10.7. The van der Waals surface area contributed by atoms with E-state index >= 15 is 0 Å². The van der Waals surface area contributed by atoms with Crippen LogP contribution in [0.25, 0.3) is 0 Å². The number of sulfone groups is 1. The van der Waals surface area contributed by atoms with Gasteiger partial charge in [-0.25, -0.2) is 23.2 Å². The number of aromatic nitrogens is 2. The molecule has 0 radical (unpaired) electrons. The molecule has 2 aromatic heterocycles. The van der Waals surface area contributed by atoms with Crippen LogP contribution in [0.5, 0.6) is 0 Å². The number of esters is 1. The molecule has 28 heavy (non-hydrogen) atoms. The molecule has 0 saturated heterocycles. The van der Waals surface area contributed by atoms with E-state index in [1.165, 1.54) is 21.0 Å². The molecule has 0 bridgehead atoms. The van der Waals surface area contributed by atoms with E-state index in [9.17, 15) is 22.8 Å². The summed E-state index contributed by atoms with van der Waals surface area (Å²) in [6, 6.07) is 0. The summed E-state index contributed by atoms with van der Waals surface area (Å²) in [5.41, 5.74) is 0.00949. The lowest BCUT2D eigenvalue weighted by Gasteiger charge is -2.08. The van der Waals surface area contributed by atoms with Crippen molar-refractivity contribution in [3.05, 3.63) is 32.9 Å². The monoisotopic (exact) mass is 445 g/mol. The molecule has 0 saturated carbocycles. The van der Waals surface area contributed by atoms with Gasteiger partial charge >= 0.3 is 5.97 Å². The van der Waals surface area contributed by atoms with Gasteiger partial charge in [-0.1, -0.05) is 18.5 Å². The Labute approximate surface area is 170 Å². The molecule has 0 spiro atoms. The zero-order valence-electron chi connectivity index (χ0n) is 15.3. The van der Waals surface area contributed by atoms with Crippen LogP contribution in [0.15, 0.2) is 11.4 Å². The van der Waals surface area contributed by atoms with Crippen molar-refractivity contribution in [2.45, 2.75) is 25.9 Å². The molecular weight excluding hydrogens is 430 g/mol. The summed E-state index contributed by atoms with van der Waals surface area (Å²) in [5, 5.41) is 1.81. The zero-order valence-corrected chi connectivity index (χ0v) is 17.7. The Kier molecular flexibility index (Phi) is 6.52. The summed E-state index contributed by atoms with van der Waals surface area (Å²) in [5.74, 6) is -2.14. The van der Waals surface area contributed by atoms with E-state index in [2.05, 4.69) is 15.3 Å². The van der Waals surface area contributed by atoms with Crippen molar-refractivity contribution in [2.24, 2.45) is 0 Å². The van der Waals surface area contributed by atoms with Crippen LogP contribution in [0, 0.1) is 6.92 Å². The standard InChI is InChI=1S/C16H16ClN3O6S2/c1-5-28(24,25)16-18-6-9(17)11(19-16)13(22)20-14-10(15(23)26-4)7(2)12(27-14)8(3)21/h6H,5H2,1-4H3,(H,20,22). The molecule has 0 fully saturated rings. The van der Waals surface area contributed by atoms with Gasteiger partial charge in [0, 0.05) is 0 Å².